The fraction of sp³-hybridized carbons (Fsp3) is 0.667. The van der Waals surface area contributed by atoms with Gasteiger partial charge in [-0.3, -0.25) is 4.90 Å². The van der Waals surface area contributed by atoms with Gasteiger partial charge in [0.2, 0.25) is 0 Å². The topological polar surface area (TPSA) is 50.5 Å². The first-order chi connectivity index (χ1) is 6.77. The highest BCUT2D eigenvalue weighted by molar-refractivity contribution is 4.99. The summed E-state index contributed by atoms with van der Waals surface area (Å²) in [4.78, 5) is 2.02. The molecule has 80 valence electrons. The fourth-order valence-corrected chi connectivity index (χ4v) is 1.19. The molecule has 0 aliphatic carbocycles. The van der Waals surface area contributed by atoms with Crippen LogP contribution in [0.2, 0.25) is 0 Å². The molecule has 5 heteroatoms. The summed E-state index contributed by atoms with van der Waals surface area (Å²) in [6, 6.07) is 1.89. The van der Waals surface area contributed by atoms with Crippen molar-refractivity contribution in [3.8, 4) is 0 Å². The maximum Gasteiger partial charge on any atom is 0.136 e. The van der Waals surface area contributed by atoms with E-state index in [1.807, 2.05) is 24.9 Å². The largest absolute Gasteiger partial charge is 0.374 e. The Morgan fingerprint density at radius 1 is 1.64 bits per heavy atom. The number of aromatic nitrogens is 2. The first-order valence-electron chi connectivity index (χ1n) is 4.65. The van der Waals surface area contributed by atoms with Gasteiger partial charge in [0, 0.05) is 19.3 Å². The third-order valence-electron chi connectivity index (χ3n) is 1.89. The molecule has 14 heavy (non-hydrogen) atoms. The van der Waals surface area contributed by atoms with Crippen molar-refractivity contribution in [1.82, 2.24) is 14.7 Å². The number of hydrogen-bond acceptors (Lipinski definition) is 4. The van der Waals surface area contributed by atoms with Crippen molar-refractivity contribution < 1.29 is 9.84 Å². The summed E-state index contributed by atoms with van der Waals surface area (Å²) < 4.78 is 6.81. The molecule has 0 fully saturated rings. The summed E-state index contributed by atoms with van der Waals surface area (Å²) in [5.41, 5.74) is 0.981. The van der Waals surface area contributed by atoms with Gasteiger partial charge in [-0.15, -0.1) is 0 Å². The number of aliphatic hydroxyl groups is 1. The summed E-state index contributed by atoms with van der Waals surface area (Å²) in [5, 5.41) is 12.9. The van der Waals surface area contributed by atoms with Crippen molar-refractivity contribution in [3.63, 3.8) is 0 Å². The van der Waals surface area contributed by atoms with Gasteiger partial charge in [0.05, 0.1) is 12.4 Å². The summed E-state index contributed by atoms with van der Waals surface area (Å²) in [6.45, 7) is 3.91. The van der Waals surface area contributed by atoms with Crippen LogP contribution in [0, 0.1) is 0 Å². The highest BCUT2D eigenvalue weighted by Gasteiger charge is 2.04. The lowest BCUT2D eigenvalue weighted by atomic mass is 10.4. The predicted octanol–water partition coefficient (Wildman–Crippen LogP) is 0.259. The molecule has 1 N–H and O–H groups in total. The van der Waals surface area contributed by atoms with Crippen LogP contribution in [0.1, 0.15) is 12.6 Å². The Labute approximate surface area is 83.9 Å². The van der Waals surface area contributed by atoms with E-state index in [1.54, 1.807) is 10.9 Å². The fourth-order valence-electron chi connectivity index (χ4n) is 1.19. The zero-order valence-electron chi connectivity index (χ0n) is 8.68. The lowest BCUT2D eigenvalue weighted by Crippen LogP contribution is -2.23. The summed E-state index contributed by atoms with van der Waals surface area (Å²) in [5.74, 6) is 0. The van der Waals surface area contributed by atoms with E-state index in [0.29, 0.717) is 13.3 Å². The van der Waals surface area contributed by atoms with Crippen LogP contribution < -0.4 is 0 Å². The van der Waals surface area contributed by atoms with Gasteiger partial charge in [0.25, 0.3) is 0 Å². The molecule has 1 rings (SSSR count). The standard InChI is InChI=1S/C9H17N3O2/c1-3-14-8-11(2)6-9-4-5-10-12(9)7-13/h4-5,13H,3,6-8H2,1-2H3. The minimum Gasteiger partial charge on any atom is -0.374 e. The Kier molecular flexibility index (Phi) is 4.58. The molecule has 1 aromatic heterocycles. The van der Waals surface area contributed by atoms with Crippen LogP contribution >= 0.6 is 0 Å². The van der Waals surface area contributed by atoms with Gasteiger partial charge in [-0.1, -0.05) is 0 Å². The molecule has 5 nitrogen and oxygen atoms in total. The maximum absolute atomic E-state index is 8.95. The van der Waals surface area contributed by atoms with Gasteiger partial charge < -0.3 is 9.84 Å². The Hall–Kier alpha value is -0.910. The molecule has 1 heterocycles. The molecule has 0 radical (unpaired) electrons. The van der Waals surface area contributed by atoms with Crippen LogP contribution in [0.4, 0.5) is 0 Å². The van der Waals surface area contributed by atoms with E-state index in [2.05, 4.69) is 5.10 Å². The number of ether oxygens (including phenoxy) is 1. The van der Waals surface area contributed by atoms with E-state index < -0.39 is 0 Å². The van der Waals surface area contributed by atoms with Crippen LogP contribution in [-0.2, 0) is 18.0 Å². The summed E-state index contributed by atoms with van der Waals surface area (Å²) in [6.07, 6.45) is 1.68. The highest BCUT2D eigenvalue weighted by atomic mass is 16.5. The van der Waals surface area contributed by atoms with E-state index >= 15 is 0 Å². The maximum atomic E-state index is 8.95. The molecule has 0 amide bonds. The van der Waals surface area contributed by atoms with Crippen molar-refractivity contribution in [3.05, 3.63) is 18.0 Å². The Balaban J connectivity index is 2.42. The summed E-state index contributed by atoms with van der Waals surface area (Å²) in [7, 11) is 1.96. The number of rotatable bonds is 6. The normalized spacial score (nSPS) is 11.1. The zero-order chi connectivity index (χ0) is 10.4. The van der Waals surface area contributed by atoms with Crippen molar-refractivity contribution in [1.29, 1.82) is 0 Å². The highest BCUT2D eigenvalue weighted by Crippen LogP contribution is 2.02. The molecule has 0 aliphatic rings. The van der Waals surface area contributed by atoms with E-state index in [9.17, 15) is 0 Å². The molecule has 0 unspecified atom stereocenters. The first kappa shape index (κ1) is 11.2. The SMILES string of the molecule is CCOCN(C)Cc1ccnn1CO. The summed E-state index contributed by atoms with van der Waals surface area (Å²) >= 11 is 0. The first-order valence-corrected chi connectivity index (χ1v) is 4.65. The third kappa shape index (κ3) is 3.10. The number of hydrogen-bond donors (Lipinski definition) is 1. The average Bonchev–Trinajstić information content (AvgIpc) is 2.62. The second-order valence-electron chi connectivity index (χ2n) is 3.10. The van der Waals surface area contributed by atoms with Crippen LogP contribution in [0.5, 0.6) is 0 Å². The molecular formula is C9H17N3O2. The van der Waals surface area contributed by atoms with E-state index in [1.165, 1.54) is 0 Å². The van der Waals surface area contributed by atoms with Crippen LogP contribution in [-0.4, -0.2) is 40.2 Å². The monoisotopic (exact) mass is 199 g/mol. The molecule has 0 atom stereocenters. The second-order valence-corrected chi connectivity index (χ2v) is 3.10. The van der Waals surface area contributed by atoms with Crippen molar-refractivity contribution in [2.24, 2.45) is 0 Å². The van der Waals surface area contributed by atoms with Crippen molar-refractivity contribution in [2.45, 2.75) is 20.2 Å². The number of nitrogens with zero attached hydrogens (tertiary/aromatic N) is 3. The molecule has 0 bridgehead atoms. The molecule has 0 aromatic carbocycles. The molecule has 0 saturated carbocycles. The van der Waals surface area contributed by atoms with E-state index in [0.717, 1.165) is 12.2 Å². The van der Waals surface area contributed by atoms with Gasteiger partial charge in [-0.2, -0.15) is 5.10 Å². The van der Waals surface area contributed by atoms with Crippen LogP contribution in [0.15, 0.2) is 12.3 Å². The molecular weight excluding hydrogens is 182 g/mol. The Morgan fingerprint density at radius 3 is 3.07 bits per heavy atom. The minimum absolute atomic E-state index is 0.0786. The lowest BCUT2D eigenvalue weighted by Gasteiger charge is -2.16. The Morgan fingerprint density at radius 2 is 2.43 bits per heavy atom. The molecule has 0 saturated heterocycles. The lowest BCUT2D eigenvalue weighted by molar-refractivity contribution is 0.0442. The third-order valence-corrected chi connectivity index (χ3v) is 1.89. The molecule has 0 spiro atoms. The minimum atomic E-state index is -0.0786. The zero-order valence-corrected chi connectivity index (χ0v) is 8.68. The van der Waals surface area contributed by atoms with Gasteiger partial charge in [-0.05, 0) is 20.0 Å². The van der Waals surface area contributed by atoms with Crippen molar-refractivity contribution >= 4 is 0 Å². The van der Waals surface area contributed by atoms with Gasteiger partial charge in [0.15, 0.2) is 0 Å². The molecule has 1 aromatic rings. The second kappa shape index (κ2) is 5.74. The quantitative estimate of drug-likeness (QED) is 0.668. The van der Waals surface area contributed by atoms with E-state index in [4.69, 9.17) is 9.84 Å². The van der Waals surface area contributed by atoms with Crippen LogP contribution in [0.25, 0.3) is 0 Å². The van der Waals surface area contributed by atoms with Crippen LogP contribution in [0.3, 0.4) is 0 Å². The smallest absolute Gasteiger partial charge is 0.136 e. The predicted molar refractivity (Wildman–Crippen MR) is 52.4 cm³/mol. The average molecular weight is 199 g/mol. The Bertz CT molecular complexity index is 262. The van der Waals surface area contributed by atoms with Gasteiger partial charge >= 0.3 is 0 Å². The molecule has 0 aliphatic heterocycles. The van der Waals surface area contributed by atoms with Crippen molar-refractivity contribution in [2.75, 3.05) is 20.4 Å². The van der Waals surface area contributed by atoms with E-state index in [-0.39, 0.29) is 6.73 Å². The van der Waals surface area contributed by atoms with Gasteiger partial charge in [-0.25, -0.2) is 4.68 Å². The van der Waals surface area contributed by atoms with Gasteiger partial charge in [0.1, 0.15) is 6.73 Å². The number of aliphatic hydroxyl groups excluding tert-OH is 1.